The van der Waals surface area contributed by atoms with Gasteiger partial charge in [-0.15, -0.1) is 11.3 Å². The van der Waals surface area contributed by atoms with Crippen LogP contribution in [0.3, 0.4) is 0 Å². The lowest BCUT2D eigenvalue weighted by Gasteiger charge is -2.15. The third-order valence-electron chi connectivity index (χ3n) is 3.58. The third kappa shape index (κ3) is 5.15. The van der Waals surface area contributed by atoms with Crippen LogP contribution in [-0.2, 0) is 9.53 Å². The summed E-state index contributed by atoms with van der Waals surface area (Å²) >= 11 is 1.38. The normalized spacial score (nSPS) is 11.5. The van der Waals surface area contributed by atoms with Gasteiger partial charge < -0.3 is 15.4 Å². The molecule has 2 amide bonds. The first-order chi connectivity index (χ1) is 11.9. The van der Waals surface area contributed by atoms with Crippen molar-refractivity contribution in [2.45, 2.75) is 19.9 Å². The van der Waals surface area contributed by atoms with Crippen LogP contribution >= 0.6 is 11.3 Å². The Morgan fingerprint density at radius 3 is 2.36 bits per heavy atom. The molecule has 0 saturated heterocycles. The molecule has 132 valence electrons. The second-order valence-electron chi connectivity index (χ2n) is 5.50. The van der Waals surface area contributed by atoms with E-state index in [1.165, 1.54) is 18.4 Å². The predicted octanol–water partition coefficient (Wildman–Crippen LogP) is 2.45. The number of ether oxygens (including phenoxy) is 1. The van der Waals surface area contributed by atoms with Crippen molar-refractivity contribution in [3.63, 3.8) is 0 Å². The molecule has 1 atom stereocenters. The fraction of sp³-hybridized carbons (Fsp3) is 0.278. The van der Waals surface area contributed by atoms with Crippen LogP contribution in [0.5, 0.6) is 0 Å². The van der Waals surface area contributed by atoms with Gasteiger partial charge in [-0.05, 0) is 43.7 Å². The molecule has 0 radical (unpaired) electrons. The number of nitrogens with one attached hydrogen (secondary N) is 2. The number of carbonyl (C=O) groups is 3. The molecule has 1 aromatic heterocycles. The summed E-state index contributed by atoms with van der Waals surface area (Å²) < 4.78 is 4.65. The van der Waals surface area contributed by atoms with Gasteiger partial charge in [-0.25, -0.2) is 4.79 Å². The largest absolute Gasteiger partial charge is 0.465 e. The van der Waals surface area contributed by atoms with Crippen LogP contribution in [0.2, 0.25) is 0 Å². The van der Waals surface area contributed by atoms with Gasteiger partial charge in [0.25, 0.3) is 5.91 Å². The highest BCUT2D eigenvalue weighted by Gasteiger charge is 2.13. The fourth-order valence-corrected chi connectivity index (χ4v) is 2.99. The Hall–Kier alpha value is -2.67. The molecule has 2 aromatic rings. The summed E-state index contributed by atoms with van der Waals surface area (Å²) in [5, 5.41) is 5.40. The molecule has 1 heterocycles. The highest BCUT2D eigenvalue weighted by atomic mass is 32.1. The Morgan fingerprint density at radius 2 is 1.80 bits per heavy atom. The molecule has 0 aliphatic carbocycles. The maximum atomic E-state index is 12.0. The lowest BCUT2D eigenvalue weighted by molar-refractivity contribution is -0.120. The van der Waals surface area contributed by atoms with Crippen LogP contribution in [0.1, 0.15) is 43.4 Å². The van der Waals surface area contributed by atoms with Crippen molar-refractivity contribution >= 4 is 29.1 Å². The molecule has 0 unspecified atom stereocenters. The van der Waals surface area contributed by atoms with Crippen LogP contribution in [0, 0.1) is 6.92 Å². The van der Waals surface area contributed by atoms with Crippen molar-refractivity contribution < 1.29 is 19.1 Å². The molecular formula is C18H20N2O4S. The highest BCUT2D eigenvalue weighted by molar-refractivity contribution is 7.13. The molecule has 2 N–H and O–H groups in total. The minimum Gasteiger partial charge on any atom is -0.465 e. The second-order valence-corrected chi connectivity index (χ2v) is 6.78. The first kappa shape index (κ1) is 18.7. The monoisotopic (exact) mass is 360 g/mol. The molecule has 6 nitrogen and oxygen atoms in total. The van der Waals surface area contributed by atoms with E-state index in [1.54, 1.807) is 30.3 Å². The summed E-state index contributed by atoms with van der Waals surface area (Å²) in [6.45, 7) is 3.65. The van der Waals surface area contributed by atoms with Gasteiger partial charge in [0.1, 0.15) is 0 Å². The van der Waals surface area contributed by atoms with Crippen molar-refractivity contribution in [1.82, 2.24) is 10.6 Å². The van der Waals surface area contributed by atoms with Gasteiger partial charge in [-0.2, -0.15) is 0 Å². The molecule has 0 fully saturated rings. The molecule has 0 bridgehead atoms. The van der Waals surface area contributed by atoms with Gasteiger partial charge in [0.05, 0.1) is 30.1 Å². The summed E-state index contributed by atoms with van der Waals surface area (Å²) in [5.41, 5.74) is 1.30. The van der Waals surface area contributed by atoms with Crippen LogP contribution in [0.4, 0.5) is 0 Å². The summed E-state index contributed by atoms with van der Waals surface area (Å²) in [5.74, 6) is -0.954. The number of benzene rings is 1. The molecular weight excluding hydrogens is 340 g/mol. The molecule has 2 rings (SSSR count). The highest BCUT2D eigenvalue weighted by Crippen LogP contribution is 2.15. The summed E-state index contributed by atoms with van der Waals surface area (Å²) in [7, 11) is 1.32. The SMILES string of the molecule is COC(=O)c1ccc([C@@H](C)NC(=O)CNC(=O)c2ccc(C)s2)cc1. The zero-order valence-corrected chi connectivity index (χ0v) is 15.1. The van der Waals surface area contributed by atoms with E-state index in [-0.39, 0.29) is 24.4 Å². The number of esters is 1. The van der Waals surface area contributed by atoms with E-state index < -0.39 is 5.97 Å². The number of amides is 2. The number of hydrogen-bond donors (Lipinski definition) is 2. The van der Waals surface area contributed by atoms with E-state index >= 15 is 0 Å². The number of hydrogen-bond acceptors (Lipinski definition) is 5. The quantitative estimate of drug-likeness (QED) is 0.775. The number of aryl methyl sites for hydroxylation is 1. The maximum Gasteiger partial charge on any atom is 0.337 e. The maximum absolute atomic E-state index is 12.0. The minimum atomic E-state index is -0.408. The van der Waals surface area contributed by atoms with Crippen molar-refractivity contribution in [3.8, 4) is 0 Å². The van der Waals surface area contributed by atoms with E-state index in [4.69, 9.17) is 0 Å². The lowest BCUT2D eigenvalue weighted by Crippen LogP contribution is -2.37. The third-order valence-corrected chi connectivity index (χ3v) is 4.58. The number of methoxy groups -OCH3 is 1. The van der Waals surface area contributed by atoms with Gasteiger partial charge in [0.2, 0.25) is 5.91 Å². The molecule has 25 heavy (non-hydrogen) atoms. The van der Waals surface area contributed by atoms with Crippen molar-refractivity contribution in [1.29, 1.82) is 0 Å². The topological polar surface area (TPSA) is 84.5 Å². The minimum absolute atomic E-state index is 0.0969. The van der Waals surface area contributed by atoms with Gasteiger partial charge >= 0.3 is 5.97 Å². The Morgan fingerprint density at radius 1 is 1.12 bits per heavy atom. The van der Waals surface area contributed by atoms with Crippen molar-refractivity contribution in [2.75, 3.05) is 13.7 Å². The van der Waals surface area contributed by atoms with E-state index in [2.05, 4.69) is 15.4 Å². The van der Waals surface area contributed by atoms with Crippen LogP contribution in [0.25, 0.3) is 0 Å². The first-order valence-electron chi connectivity index (χ1n) is 7.73. The Balaban J connectivity index is 1.85. The lowest BCUT2D eigenvalue weighted by atomic mass is 10.1. The molecule has 7 heteroatoms. The standard InChI is InChI=1S/C18H20N2O4S/c1-11-4-9-15(25-11)17(22)19-10-16(21)20-12(2)13-5-7-14(8-6-13)18(23)24-3/h4-9,12H,10H2,1-3H3,(H,19,22)(H,20,21)/t12-/m1/s1. The zero-order chi connectivity index (χ0) is 18.4. The van der Waals surface area contributed by atoms with Crippen molar-refractivity contribution in [3.05, 3.63) is 57.3 Å². The van der Waals surface area contributed by atoms with E-state index in [0.29, 0.717) is 10.4 Å². The summed E-state index contributed by atoms with van der Waals surface area (Å²) in [6, 6.07) is 10.1. The Bertz CT molecular complexity index is 768. The van der Waals surface area contributed by atoms with Crippen molar-refractivity contribution in [2.24, 2.45) is 0 Å². The van der Waals surface area contributed by atoms with Gasteiger partial charge in [-0.3, -0.25) is 9.59 Å². The average molecular weight is 360 g/mol. The number of rotatable bonds is 6. The molecule has 0 spiro atoms. The van der Waals surface area contributed by atoms with Gasteiger partial charge in [-0.1, -0.05) is 12.1 Å². The predicted molar refractivity (Wildman–Crippen MR) is 95.7 cm³/mol. The first-order valence-corrected chi connectivity index (χ1v) is 8.54. The fourth-order valence-electron chi connectivity index (χ4n) is 2.21. The number of carbonyl (C=O) groups excluding carboxylic acids is 3. The molecule has 0 saturated carbocycles. The van der Waals surface area contributed by atoms with E-state index in [0.717, 1.165) is 10.4 Å². The average Bonchev–Trinajstić information content (AvgIpc) is 3.05. The molecule has 0 aliphatic heterocycles. The molecule has 0 aliphatic rings. The number of thiophene rings is 1. The smallest absolute Gasteiger partial charge is 0.337 e. The zero-order valence-electron chi connectivity index (χ0n) is 14.3. The Labute approximate surface area is 150 Å². The summed E-state index contributed by atoms with van der Waals surface area (Å²) in [4.78, 5) is 36.9. The van der Waals surface area contributed by atoms with Crippen LogP contribution in [-0.4, -0.2) is 31.4 Å². The molecule has 1 aromatic carbocycles. The summed E-state index contributed by atoms with van der Waals surface area (Å²) in [6.07, 6.45) is 0. The van der Waals surface area contributed by atoms with Crippen LogP contribution in [0.15, 0.2) is 36.4 Å². The Kier molecular flexibility index (Phi) is 6.30. The van der Waals surface area contributed by atoms with E-state index in [9.17, 15) is 14.4 Å². The van der Waals surface area contributed by atoms with E-state index in [1.807, 2.05) is 19.9 Å². The van der Waals surface area contributed by atoms with Gasteiger partial charge in [0, 0.05) is 4.88 Å². The van der Waals surface area contributed by atoms with Gasteiger partial charge in [0.15, 0.2) is 0 Å². The van der Waals surface area contributed by atoms with Crippen LogP contribution < -0.4 is 10.6 Å². The second kappa shape index (κ2) is 8.43.